The zero-order chi connectivity index (χ0) is 21.3. The van der Waals surface area contributed by atoms with Crippen LogP contribution < -0.4 is 14.8 Å². The molecule has 0 saturated heterocycles. The highest BCUT2D eigenvalue weighted by Crippen LogP contribution is 2.38. The van der Waals surface area contributed by atoms with Crippen molar-refractivity contribution < 1.29 is 13.7 Å². The second-order valence-electron chi connectivity index (χ2n) is 6.85. The lowest BCUT2D eigenvalue weighted by atomic mass is 9.98. The summed E-state index contributed by atoms with van der Waals surface area (Å²) in [5.74, 6) is 0.481. The van der Waals surface area contributed by atoms with Gasteiger partial charge in [-0.25, -0.2) is 14.0 Å². The van der Waals surface area contributed by atoms with Crippen LogP contribution in [0.1, 0.15) is 17.5 Å². The molecule has 3 aromatic rings. The molecule has 4 rings (SSSR count). The Bertz CT molecular complexity index is 1150. The molecule has 0 spiro atoms. The third kappa shape index (κ3) is 4.03. The Balaban J connectivity index is 1.64. The summed E-state index contributed by atoms with van der Waals surface area (Å²) in [5, 5.41) is 7.25. The van der Waals surface area contributed by atoms with Crippen LogP contribution in [0.4, 0.5) is 10.5 Å². The van der Waals surface area contributed by atoms with Gasteiger partial charge in [-0.3, -0.25) is 9.40 Å². The van der Waals surface area contributed by atoms with Crippen molar-refractivity contribution in [2.45, 2.75) is 24.3 Å². The van der Waals surface area contributed by atoms with Gasteiger partial charge in [-0.2, -0.15) is 5.10 Å². The number of nitrogens with one attached hydrogen (secondary N) is 2. The number of carbonyl (C=O) groups excluding carboxylic acids is 1. The molecule has 8 nitrogen and oxygen atoms in total. The minimum atomic E-state index is -1.89. The van der Waals surface area contributed by atoms with Crippen LogP contribution in [-0.4, -0.2) is 32.1 Å². The quantitative estimate of drug-likeness (QED) is 0.626. The number of hydrogen-bond donors (Lipinski definition) is 2. The molecule has 30 heavy (non-hydrogen) atoms. The maximum Gasteiger partial charge on any atom is 0.331 e. The lowest BCUT2D eigenvalue weighted by Crippen LogP contribution is -2.31. The van der Waals surface area contributed by atoms with Gasteiger partial charge in [0.15, 0.2) is 16.0 Å². The van der Waals surface area contributed by atoms with E-state index >= 15 is 0 Å². The van der Waals surface area contributed by atoms with E-state index in [1.807, 2.05) is 18.2 Å². The van der Waals surface area contributed by atoms with Crippen LogP contribution in [-0.2, 0) is 30.9 Å². The number of pyridine rings is 1. The van der Waals surface area contributed by atoms with Crippen LogP contribution in [0.2, 0.25) is 5.02 Å². The Morgan fingerprint density at radius 3 is 2.87 bits per heavy atom. The molecule has 1 atom stereocenters. The molecular formula is C20H20ClN5O3S. The smallest absolute Gasteiger partial charge is 0.331 e. The van der Waals surface area contributed by atoms with E-state index in [0.29, 0.717) is 11.6 Å². The first-order valence-electron chi connectivity index (χ1n) is 9.30. The van der Waals surface area contributed by atoms with Crippen molar-refractivity contribution in [1.29, 1.82) is 0 Å². The molecule has 2 N–H and O–H groups in total. The molecule has 1 unspecified atom stereocenters. The second-order valence-corrected chi connectivity index (χ2v) is 8.38. The van der Waals surface area contributed by atoms with Crippen molar-refractivity contribution in [2.75, 3.05) is 12.4 Å². The normalized spacial score (nSPS) is 13.6. The first-order chi connectivity index (χ1) is 14.5. The largest absolute Gasteiger partial charge is 0.481 e. The molecule has 0 aliphatic heterocycles. The maximum absolute atomic E-state index is 12.7. The number of methoxy groups -OCH3 is 1. The molecule has 0 bridgehead atoms. The number of nitrogens with zero attached hydrogens (tertiary/aromatic N) is 3. The van der Waals surface area contributed by atoms with Gasteiger partial charge in [-0.15, -0.1) is 0 Å². The molecule has 1 aromatic carbocycles. The van der Waals surface area contributed by atoms with E-state index in [2.05, 4.69) is 26.2 Å². The van der Waals surface area contributed by atoms with Gasteiger partial charge in [0.25, 0.3) is 0 Å². The molecule has 156 valence electrons. The fraction of sp³-hybridized carbons (Fsp3) is 0.250. The predicted octanol–water partition coefficient (Wildman–Crippen LogP) is 3.48. The van der Waals surface area contributed by atoms with Crippen LogP contribution >= 0.6 is 11.6 Å². The molecule has 10 heteroatoms. The van der Waals surface area contributed by atoms with Crippen molar-refractivity contribution in [3.63, 3.8) is 0 Å². The Kier molecular flexibility index (Phi) is 5.74. The van der Waals surface area contributed by atoms with Crippen molar-refractivity contribution in [1.82, 2.24) is 19.5 Å². The Labute approximate surface area is 181 Å². The maximum atomic E-state index is 12.7. The highest BCUT2D eigenvalue weighted by molar-refractivity contribution is 7.83. The van der Waals surface area contributed by atoms with Crippen LogP contribution in [0.3, 0.4) is 0 Å². The minimum absolute atomic E-state index is 0.103. The molecule has 0 fully saturated rings. The number of hydrogen-bond acceptors (Lipinski definition) is 5. The molecule has 1 aliphatic rings. The van der Waals surface area contributed by atoms with E-state index in [4.69, 9.17) is 16.3 Å². The van der Waals surface area contributed by atoms with Crippen molar-refractivity contribution >= 4 is 34.3 Å². The summed E-state index contributed by atoms with van der Waals surface area (Å²) in [6.45, 7) is 0. The Morgan fingerprint density at radius 2 is 2.13 bits per heavy atom. The van der Waals surface area contributed by atoms with Gasteiger partial charge in [0, 0.05) is 31.1 Å². The summed E-state index contributed by atoms with van der Waals surface area (Å²) in [4.78, 5) is 16.8. The number of fused-ring (bicyclic) bond motifs is 1. The van der Waals surface area contributed by atoms with Gasteiger partial charge >= 0.3 is 6.03 Å². The van der Waals surface area contributed by atoms with Gasteiger partial charge in [0.1, 0.15) is 0 Å². The number of aromatic nitrogens is 3. The molecule has 2 aromatic heterocycles. The Morgan fingerprint density at radius 1 is 1.30 bits per heavy atom. The topological polar surface area (TPSA) is 98.1 Å². The fourth-order valence-corrected chi connectivity index (χ4v) is 4.71. The average Bonchev–Trinajstić information content (AvgIpc) is 3.34. The predicted molar refractivity (Wildman–Crippen MR) is 115 cm³/mol. The molecule has 0 saturated carbocycles. The number of carbonyl (C=O) groups is 1. The van der Waals surface area contributed by atoms with Crippen molar-refractivity contribution in [3.05, 3.63) is 52.8 Å². The highest BCUT2D eigenvalue weighted by atomic mass is 35.5. The third-order valence-electron chi connectivity index (χ3n) is 4.89. The van der Waals surface area contributed by atoms with E-state index in [1.54, 1.807) is 20.4 Å². The molecule has 2 heterocycles. The number of rotatable bonds is 5. The molecule has 2 amide bonds. The van der Waals surface area contributed by atoms with Crippen molar-refractivity contribution in [3.8, 4) is 17.0 Å². The first-order valence-corrected chi connectivity index (χ1v) is 10.8. The summed E-state index contributed by atoms with van der Waals surface area (Å²) in [5.41, 5.74) is 4.68. The number of aryl methyl sites for hydroxylation is 2. The van der Waals surface area contributed by atoms with E-state index < -0.39 is 17.0 Å². The van der Waals surface area contributed by atoms with E-state index in [9.17, 15) is 9.00 Å². The Hall–Kier alpha value is -2.91. The van der Waals surface area contributed by atoms with Gasteiger partial charge in [0.05, 0.1) is 17.8 Å². The number of urea groups is 1. The van der Waals surface area contributed by atoms with Gasteiger partial charge in [-0.1, -0.05) is 23.7 Å². The van der Waals surface area contributed by atoms with Crippen LogP contribution in [0.15, 0.2) is 41.7 Å². The van der Waals surface area contributed by atoms with Gasteiger partial charge in [-0.05, 0) is 42.0 Å². The number of benzene rings is 1. The number of anilines is 1. The molecular weight excluding hydrogens is 426 g/mol. The highest BCUT2D eigenvalue weighted by Gasteiger charge is 2.22. The average molecular weight is 446 g/mol. The number of halogens is 1. The SMILES string of the molecule is COc1cc(-c2ccc3c(c2NC(=O)NS(=O)c2nn(C)cc2Cl)CCC3)ccn1. The van der Waals surface area contributed by atoms with Gasteiger partial charge in [0.2, 0.25) is 5.88 Å². The fourth-order valence-electron chi connectivity index (χ4n) is 3.57. The van der Waals surface area contributed by atoms with Crippen LogP contribution in [0.25, 0.3) is 11.1 Å². The lowest BCUT2D eigenvalue weighted by Gasteiger charge is -2.16. The number of amides is 2. The monoisotopic (exact) mass is 445 g/mol. The van der Waals surface area contributed by atoms with E-state index in [0.717, 1.165) is 36.0 Å². The second kappa shape index (κ2) is 8.45. The van der Waals surface area contributed by atoms with Crippen LogP contribution in [0, 0.1) is 0 Å². The standard InChI is InChI=1S/C20H20ClN5O3S/c1-26-11-16(21)19(24-26)30(28)25-20(27)23-18-14-5-3-4-12(14)6-7-15(18)13-8-9-22-17(10-13)29-2/h6-11H,3-5H2,1-2H3,(H2,23,25,27). The van der Waals surface area contributed by atoms with Crippen molar-refractivity contribution in [2.24, 2.45) is 7.05 Å². The zero-order valence-corrected chi connectivity index (χ0v) is 18.0. The minimum Gasteiger partial charge on any atom is -0.481 e. The molecule has 0 radical (unpaired) electrons. The summed E-state index contributed by atoms with van der Waals surface area (Å²) in [6.07, 6.45) is 6.01. The first kappa shape index (κ1) is 20.4. The van der Waals surface area contributed by atoms with Gasteiger partial charge < -0.3 is 10.1 Å². The summed E-state index contributed by atoms with van der Waals surface area (Å²) in [6, 6.07) is 7.12. The summed E-state index contributed by atoms with van der Waals surface area (Å²) in [7, 11) is 1.33. The third-order valence-corrected chi connectivity index (χ3v) is 6.30. The summed E-state index contributed by atoms with van der Waals surface area (Å²) < 4.78 is 21.6. The summed E-state index contributed by atoms with van der Waals surface area (Å²) >= 11 is 6.03. The number of ether oxygens (including phenoxy) is 1. The molecule has 1 aliphatic carbocycles. The lowest BCUT2D eigenvalue weighted by molar-refractivity contribution is 0.257. The van der Waals surface area contributed by atoms with Crippen LogP contribution in [0.5, 0.6) is 5.88 Å². The zero-order valence-electron chi connectivity index (χ0n) is 16.4. The van der Waals surface area contributed by atoms with E-state index in [1.165, 1.54) is 16.4 Å². The van der Waals surface area contributed by atoms with E-state index in [-0.39, 0.29) is 10.0 Å².